The minimum atomic E-state index is 0.136. The molecule has 0 aromatic carbocycles. The van der Waals surface area contributed by atoms with Crippen molar-refractivity contribution in [3.8, 4) is 0 Å². The van der Waals surface area contributed by atoms with Gasteiger partial charge in [-0.15, -0.1) is 11.3 Å². The van der Waals surface area contributed by atoms with Crippen molar-refractivity contribution >= 4 is 17.2 Å². The molecule has 21 heavy (non-hydrogen) atoms. The van der Waals surface area contributed by atoms with E-state index >= 15 is 0 Å². The summed E-state index contributed by atoms with van der Waals surface area (Å²) in [6, 6.07) is 2.15. The summed E-state index contributed by atoms with van der Waals surface area (Å²) in [4.78, 5) is 14.7. The number of thiophene rings is 1. The molecule has 0 spiro atoms. The highest BCUT2D eigenvalue weighted by atomic mass is 32.1. The van der Waals surface area contributed by atoms with E-state index in [0.29, 0.717) is 5.92 Å². The van der Waals surface area contributed by atoms with Crippen LogP contribution in [0.5, 0.6) is 0 Å². The Balaban J connectivity index is 1.57. The quantitative estimate of drug-likeness (QED) is 0.901. The predicted molar refractivity (Wildman–Crippen MR) is 88.1 cm³/mol. The molecule has 1 aromatic rings. The van der Waals surface area contributed by atoms with E-state index in [0.717, 1.165) is 30.9 Å². The molecule has 1 fully saturated rings. The number of carbonyl (C=O) groups is 1. The molecule has 2 aliphatic rings. The summed E-state index contributed by atoms with van der Waals surface area (Å²) < 4.78 is 0. The van der Waals surface area contributed by atoms with Gasteiger partial charge in [0.1, 0.15) is 0 Å². The molecule has 4 heteroatoms. The average molecular weight is 306 g/mol. The Morgan fingerprint density at radius 2 is 2.10 bits per heavy atom. The number of carbonyl (C=O) groups excluding carboxylic acids is 1. The Hall–Kier alpha value is -0.870. The molecule has 1 aliphatic carbocycles. The number of rotatable bonds is 3. The van der Waals surface area contributed by atoms with Crippen molar-refractivity contribution in [2.45, 2.75) is 51.4 Å². The van der Waals surface area contributed by atoms with Crippen LogP contribution < -0.4 is 10.6 Å². The maximum absolute atomic E-state index is 12.4. The lowest BCUT2D eigenvalue weighted by Crippen LogP contribution is -2.37. The summed E-state index contributed by atoms with van der Waals surface area (Å²) in [6.45, 7) is 2.98. The second-order valence-electron chi connectivity index (χ2n) is 6.40. The van der Waals surface area contributed by atoms with Gasteiger partial charge in [-0.3, -0.25) is 4.79 Å². The lowest BCUT2D eigenvalue weighted by molar-refractivity contribution is 0.0949. The second-order valence-corrected chi connectivity index (χ2v) is 7.53. The molecular formula is C17H26N2OS. The van der Waals surface area contributed by atoms with Crippen LogP contribution in [0.15, 0.2) is 6.07 Å². The number of amides is 1. The van der Waals surface area contributed by atoms with Crippen LogP contribution in [0.2, 0.25) is 0 Å². The van der Waals surface area contributed by atoms with E-state index < -0.39 is 0 Å². The lowest BCUT2D eigenvalue weighted by atomic mass is 9.99. The van der Waals surface area contributed by atoms with Crippen LogP contribution in [0.1, 0.15) is 58.6 Å². The fourth-order valence-corrected chi connectivity index (χ4v) is 4.55. The van der Waals surface area contributed by atoms with Gasteiger partial charge in [0, 0.05) is 11.4 Å². The highest BCUT2D eigenvalue weighted by Crippen LogP contribution is 2.28. The number of fused-ring (bicyclic) bond motifs is 1. The van der Waals surface area contributed by atoms with Crippen molar-refractivity contribution in [2.24, 2.45) is 5.92 Å². The van der Waals surface area contributed by atoms with E-state index in [-0.39, 0.29) is 5.91 Å². The van der Waals surface area contributed by atoms with Gasteiger partial charge in [-0.05, 0) is 69.2 Å². The summed E-state index contributed by atoms with van der Waals surface area (Å²) in [5.41, 5.74) is 1.43. The van der Waals surface area contributed by atoms with Crippen molar-refractivity contribution < 1.29 is 4.79 Å². The highest BCUT2D eigenvalue weighted by molar-refractivity contribution is 7.14. The molecule has 2 heterocycles. The van der Waals surface area contributed by atoms with E-state index in [2.05, 4.69) is 16.7 Å². The Bertz CT molecular complexity index is 452. The predicted octanol–water partition coefficient (Wildman–Crippen LogP) is 3.14. The van der Waals surface area contributed by atoms with Crippen molar-refractivity contribution in [1.82, 2.24) is 10.6 Å². The first-order valence-electron chi connectivity index (χ1n) is 8.43. The van der Waals surface area contributed by atoms with Crippen LogP contribution in [0.25, 0.3) is 0 Å². The SMILES string of the molecule is O=C(NCC1CCCNC1)c1cc2c(s1)CCCCCC2. The zero-order valence-electron chi connectivity index (χ0n) is 12.7. The zero-order chi connectivity index (χ0) is 14.5. The number of hydrogen-bond acceptors (Lipinski definition) is 3. The molecule has 116 valence electrons. The monoisotopic (exact) mass is 306 g/mol. The Morgan fingerprint density at radius 3 is 2.90 bits per heavy atom. The third kappa shape index (κ3) is 4.07. The molecule has 1 aromatic heterocycles. The van der Waals surface area contributed by atoms with Gasteiger partial charge < -0.3 is 10.6 Å². The summed E-state index contributed by atoms with van der Waals surface area (Å²) in [6.07, 6.45) is 10.0. The maximum atomic E-state index is 12.4. The Morgan fingerprint density at radius 1 is 1.24 bits per heavy atom. The zero-order valence-corrected chi connectivity index (χ0v) is 13.6. The smallest absolute Gasteiger partial charge is 0.261 e. The summed E-state index contributed by atoms with van der Waals surface area (Å²) in [7, 11) is 0. The minimum Gasteiger partial charge on any atom is -0.351 e. The van der Waals surface area contributed by atoms with Crippen LogP contribution >= 0.6 is 11.3 Å². The van der Waals surface area contributed by atoms with Gasteiger partial charge in [0.2, 0.25) is 0 Å². The average Bonchev–Trinajstić information content (AvgIpc) is 2.88. The van der Waals surface area contributed by atoms with Gasteiger partial charge in [-0.2, -0.15) is 0 Å². The van der Waals surface area contributed by atoms with Gasteiger partial charge in [0.25, 0.3) is 5.91 Å². The molecule has 0 radical (unpaired) electrons. The van der Waals surface area contributed by atoms with E-state index in [1.807, 2.05) is 0 Å². The molecule has 0 saturated carbocycles. The fourth-order valence-electron chi connectivity index (χ4n) is 3.38. The van der Waals surface area contributed by atoms with Crippen molar-refractivity contribution in [3.63, 3.8) is 0 Å². The Labute approximate surface area is 131 Å². The third-order valence-electron chi connectivity index (χ3n) is 4.67. The van der Waals surface area contributed by atoms with Gasteiger partial charge >= 0.3 is 0 Å². The van der Waals surface area contributed by atoms with E-state index in [9.17, 15) is 4.79 Å². The highest BCUT2D eigenvalue weighted by Gasteiger charge is 2.18. The van der Waals surface area contributed by atoms with Gasteiger partial charge in [0.15, 0.2) is 0 Å². The normalized spacial score (nSPS) is 23.0. The fraction of sp³-hybridized carbons (Fsp3) is 0.706. The Kier molecular flexibility index (Phi) is 5.31. The lowest BCUT2D eigenvalue weighted by Gasteiger charge is -2.22. The minimum absolute atomic E-state index is 0.136. The molecule has 1 unspecified atom stereocenters. The molecule has 1 amide bonds. The number of aryl methyl sites for hydroxylation is 2. The summed E-state index contributed by atoms with van der Waals surface area (Å²) in [5, 5.41) is 6.54. The molecule has 3 nitrogen and oxygen atoms in total. The topological polar surface area (TPSA) is 41.1 Å². The first-order chi connectivity index (χ1) is 10.3. The molecule has 1 aliphatic heterocycles. The van der Waals surface area contributed by atoms with Crippen LogP contribution in [0.4, 0.5) is 0 Å². The van der Waals surface area contributed by atoms with E-state index in [1.165, 1.54) is 55.4 Å². The number of hydrogen-bond donors (Lipinski definition) is 2. The van der Waals surface area contributed by atoms with E-state index in [1.54, 1.807) is 11.3 Å². The van der Waals surface area contributed by atoms with Crippen LogP contribution in [0.3, 0.4) is 0 Å². The molecule has 1 atom stereocenters. The van der Waals surface area contributed by atoms with Crippen LogP contribution in [-0.4, -0.2) is 25.5 Å². The molecule has 1 saturated heterocycles. The van der Waals surface area contributed by atoms with Crippen molar-refractivity contribution in [1.29, 1.82) is 0 Å². The maximum Gasteiger partial charge on any atom is 0.261 e. The summed E-state index contributed by atoms with van der Waals surface area (Å²) in [5.74, 6) is 0.737. The standard InChI is InChI=1S/C17H26N2OS/c20-17(19-12-13-6-5-9-18-11-13)16-10-14-7-3-1-2-4-8-15(14)21-16/h10,13,18H,1-9,11-12H2,(H,19,20). The molecular weight excluding hydrogens is 280 g/mol. The first kappa shape index (κ1) is 15.0. The van der Waals surface area contributed by atoms with Gasteiger partial charge in [-0.1, -0.05) is 12.8 Å². The number of nitrogens with one attached hydrogen (secondary N) is 2. The third-order valence-corrected chi connectivity index (χ3v) is 5.91. The molecule has 3 rings (SSSR count). The number of piperidine rings is 1. The largest absolute Gasteiger partial charge is 0.351 e. The van der Waals surface area contributed by atoms with Crippen LogP contribution in [0, 0.1) is 5.92 Å². The van der Waals surface area contributed by atoms with Crippen molar-refractivity contribution in [2.75, 3.05) is 19.6 Å². The van der Waals surface area contributed by atoms with Crippen LogP contribution in [-0.2, 0) is 12.8 Å². The van der Waals surface area contributed by atoms with E-state index in [4.69, 9.17) is 0 Å². The van der Waals surface area contributed by atoms with Crippen molar-refractivity contribution in [3.05, 3.63) is 21.4 Å². The first-order valence-corrected chi connectivity index (χ1v) is 9.25. The van der Waals surface area contributed by atoms with Gasteiger partial charge in [-0.25, -0.2) is 0 Å². The second kappa shape index (κ2) is 7.41. The summed E-state index contributed by atoms with van der Waals surface area (Å²) >= 11 is 1.72. The molecule has 2 N–H and O–H groups in total. The van der Waals surface area contributed by atoms with Gasteiger partial charge in [0.05, 0.1) is 4.88 Å². The molecule has 0 bridgehead atoms.